The van der Waals surface area contributed by atoms with Crippen molar-refractivity contribution in [3.63, 3.8) is 0 Å². The maximum Gasteiger partial charge on any atom is 0.240 e. The van der Waals surface area contributed by atoms with Gasteiger partial charge in [0.25, 0.3) is 0 Å². The van der Waals surface area contributed by atoms with Gasteiger partial charge in [0.05, 0.1) is 9.79 Å². The van der Waals surface area contributed by atoms with Crippen molar-refractivity contribution in [2.45, 2.75) is 35.1 Å². The fraction of sp³-hybridized carbons (Fsp3) is 0.538. The van der Waals surface area contributed by atoms with E-state index in [1.54, 1.807) is 0 Å². The normalized spacial score (nSPS) is 19.4. The Hall–Kier alpha value is -1.00. The molecule has 0 aliphatic carbocycles. The number of nitrogens with one attached hydrogen (secondary N) is 3. The van der Waals surface area contributed by atoms with Crippen molar-refractivity contribution in [2.75, 3.05) is 20.1 Å². The van der Waals surface area contributed by atoms with E-state index >= 15 is 0 Å². The molecule has 1 aromatic carbocycles. The summed E-state index contributed by atoms with van der Waals surface area (Å²) in [4.78, 5) is 0.0889. The molecule has 0 spiro atoms. The molecule has 1 fully saturated rings. The van der Waals surface area contributed by atoms with Crippen LogP contribution in [0.1, 0.15) is 19.3 Å². The van der Waals surface area contributed by atoms with Crippen LogP contribution >= 0.6 is 0 Å². The van der Waals surface area contributed by atoms with Crippen LogP contribution in [0.2, 0.25) is 0 Å². The van der Waals surface area contributed by atoms with E-state index in [9.17, 15) is 16.8 Å². The number of benzene rings is 1. The number of hydrogen-bond donors (Lipinski definition) is 3. The maximum absolute atomic E-state index is 12.1. The molecule has 1 heterocycles. The Morgan fingerprint density at radius 3 is 2.18 bits per heavy atom. The van der Waals surface area contributed by atoms with E-state index < -0.39 is 20.0 Å². The van der Waals surface area contributed by atoms with Crippen LogP contribution in [0.25, 0.3) is 0 Å². The van der Waals surface area contributed by atoms with Crippen molar-refractivity contribution >= 4 is 20.0 Å². The molecule has 0 bridgehead atoms. The Labute approximate surface area is 131 Å². The molecule has 0 radical (unpaired) electrons. The van der Waals surface area contributed by atoms with Crippen LogP contribution < -0.4 is 14.8 Å². The topological polar surface area (TPSA) is 104 Å². The number of sulfonamides is 2. The average molecular weight is 347 g/mol. The van der Waals surface area contributed by atoms with Gasteiger partial charge in [-0.2, -0.15) is 0 Å². The van der Waals surface area contributed by atoms with Crippen molar-refractivity contribution in [1.82, 2.24) is 14.8 Å². The zero-order chi connectivity index (χ0) is 16.2. The first-order chi connectivity index (χ1) is 10.3. The van der Waals surface area contributed by atoms with Gasteiger partial charge in [-0.25, -0.2) is 26.3 Å². The summed E-state index contributed by atoms with van der Waals surface area (Å²) in [5, 5.41) is 3.30. The van der Waals surface area contributed by atoms with Crippen molar-refractivity contribution < 1.29 is 16.8 Å². The third kappa shape index (κ3) is 4.26. The van der Waals surface area contributed by atoms with Crippen LogP contribution in [0.5, 0.6) is 0 Å². The average Bonchev–Trinajstić information content (AvgIpc) is 3.00. The van der Waals surface area contributed by atoms with Crippen molar-refractivity contribution in [1.29, 1.82) is 0 Å². The minimum Gasteiger partial charge on any atom is -0.314 e. The van der Waals surface area contributed by atoms with E-state index in [4.69, 9.17) is 0 Å². The molecule has 124 valence electrons. The first-order valence-corrected chi connectivity index (χ1v) is 10.1. The predicted octanol–water partition coefficient (Wildman–Crippen LogP) is 0.0151. The van der Waals surface area contributed by atoms with Gasteiger partial charge in [-0.15, -0.1) is 0 Å². The molecule has 2 rings (SSSR count). The summed E-state index contributed by atoms with van der Waals surface area (Å²) >= 11 is 0. The first-order valence-electron chi connectivity index (χ1n) is 7.12. The highest BCUT2D eigenvalue weighted by Gasteiger charge is 2.18. The van der Waals surface area contributed by atoms with Gasteiger partial charge in [-0.3, -0.25) is 0 Å². The zero-order valence-electron chi connectivity index (χ0n) is 12.4. The SMILES string of the molecule is CNS(=O)(=O)c1ccc(S(=O)(=O)NCC[C@H]2CCCN2)cc1. The Morgan fingerprint density at radius 1 is 1.09 bits per heavy atom. The third-order valence-corrected chi connectivity index (χ3v) is 6.57. The lowest BCUT2D eigenvalue weighted by molar-refractivity contribution is 0.539. The minimum absolute atomic E-state index is 0.0316. The first kappa shape index (κ1) is 17.4. The van der Waals surface area contributed by atoms with Gasteiger partial charge in [0.15, 0.2) is 0 Å². The van der Waals surface area contributed by atoms with Crippen LogP contribution in [0.3, 0.4) is 0 Å². The van der Waals surface area contributed by atoms with Gasteiger partial charge < -0.3 is 5.32 Å². The smallest absolute Gasteiger partial charge is 0.240 e. The van der Waals surface area contributed by atoms with Gasteiger partial charge in [-0.05, 0) is 57.1 Å². The highest BCUT2D eigenvalue weighted by atomic mass is 32.2. The second kappa shape index (κ2) is 7.05. The van der Waals surface area contributed by atoms with Gasteiger partial charge in [0.1, 0.15) is 0 Å². The molecule has 0 amide bonds. The van der Waals surface area contributed by atoms with E-state index in [1.165, 1.54) is 31.3 Å². The summed E-state index contributed by atoms with van der Waals surface area (Å²) in [6.07, 6.45) is 2.93. The van der Waals surface area contributed by atoms with Crippen LogP contribution in [-0.2, 0) is 20.0 Å². The molecule has 1 aliphatic heterocycles. The molecule has 0 saturated carbocycles. The Kier molecular flexibility index (Phi) is 5.56. The quantitative estimate of drug-likeness (QED) is 0.645. The van der Waals surface area contributed by atoms with Crippen LogP contribution in [-0.4, -0.2) is 43.0 Å². The molecule has 0 unspecified atom stereocenters. The Balaban J connectivity index is 1.99. The van der Waals surface area contributed by atoms with E-state index in [0.717, 1.165) is 25.8 Å². The summed E-state index contributed by atoms with van der Waals surface area (Å²) in [6.45, 7) is 1.34. The van der Waals surface area contributed by atoms with E-state index in [0.29, 0.717) is 12.6 Å². The fourth-order valence-corrected chi connectivity index (χ4v) is 4.15. The van der Waals surface area contributed by atoms with Crippen molar-refractivity contribution in [2.24, 2.45) is 0 Å². The predicted molar refractivity (Wildman–Crippen MR) is 83.5 cm³/mol. The zero-order valence-corrected chi connectivity index (χ0v) is 14.0. The molecule has 1 saturated heterocycles. The number of rotatable bonds is 7. The Morgan fingerprint density at radius 2 is 1.68 bits per heavy atom. The molecular weight excluding hydrogens is 326 g/mol. The molecule has 9 heteroatoms. The second-order valence-electron chi connectivity index (χ2n) is 5.16. The lowest BCUT2D eigenvalue weighted by atomic mass is 10.2. The summed E-state index contributed by atoms with van der Waals surface area (Å²) in [6, 6.07) is 5.50. The molecule has 22 heavy (non-hydrogen) atoms. The number of hydrogen-bond acceptors (Lipinski definition) is 5. The summed E-state index contributed by atoms with van der Waals surface area (Å²) in [7, 11) is -5.87. The van der Waals surface area contributed by atoms with Crippen LogP contribution in [0.15, 0.2) is 34.1 Å². The van der Waals surface area contributed by atoms with Gasteiger partial charge in [0, 0.05) is 12.6 Å². The summed E-state index contributed by atoms with van der Waals surface area (Å²) in [5.41, 5.74) is 0. The molecule has 1 aromatic rings. The van der Waals surface area contributed by atoms with Crippen LogP contribution in [0, 0.1) is 0 Å². The molecule has 1 aliphatic rings. The van der Waals surface area contributed by atoms with Crippen LogP contribution in [0.4, 0.5) is 0 Å². The summed E-state index contributed by atoms with van der Waals surface area (Å²) in [5.74, 6) is 0. The van der Waals surface area contributed by atoms with E-state index in [1.807, 2.05) is 0 Å². The van der Waals surface area contributed by atoms with Gasteiger partial charge in [-0.1, -0.05) is 0 Å². The van der Waals surface area contributed by atoms with E-state index in [2.05, 4.69) is 14.8 Å². The highest BCUT2D eigenvalue weighted by Crippen LogP contribution is 2.14. The third-order valence-electron chi connectivity index (χ3n) is 3.66. The fourth-order valence-electron chi connectivity index (χ4n) is 2.37. The van der Waals surface area contributed by atoms with Crippen molar-refractivity contribution in [3.8, 4) is 0 Å². The molecule has 0 aromatic heterocycles. The second-order valence-corrected chi connectivity index (χ2v) is 8.81. The minimum atomic E-state index is -3.61. The largest absolute Gasteiger partial charge is 0.314 e. The van der Waals surface area contributed by atoms with Gasteiger partial charge >= 0.3 is 0 Å². The summed E-state index contributed by atoms with van der Waals surface area (Å²) < 4.78 is 52.2. The standard InChI is InChI=1S/C13H21N3O4S2/c1-14-21(17,18)12-4-6-13(7-5-12)22(19,20)16-10-8-11-3-2-9-15-11/h4-7,11,14-16H,2-3,8-10H2,1H3/t11-/m1/s1. The lowest BCUT2D eigenvalue weighted by Crippen LogP contribution is -2.30. The van der Waals surface area contributed by atoms with Crippen molar-refractivity contribution in [3.05, 3.63) is 24.3 Å². The monoisotopic (exact) mass is 347 g/mol. The lowest BCUT2D eigenvalue weighted by Gasteiger charge is -2.11. The maximum atomic E-state index is 12.1. The van der Waals surface area contributed by atoms with Gasteiger partial charge in [0.2, 0.25) is 20.0 Å². The molecular formula is C13H21N3O4S2. The molecule has 7 nitrogen and oxygen atoms in total. The Bertz CT molecular complexity index is 693. The van der Waals surface area contributed by atoms with E-state index in [-0.39, 0.29) is 9.79 Å². The highest BCUT2D eigenvalue weighted by molar-refractivity contribution is 7.90. The molecule has 3 N–H and O–H groups in total. The molecule has 1 atom stereocenters.